The molecule has 3 N–H and O–H groups in total. The molecule has 1 saturated heterocycles. The Kier molecular flexibility index (Phi) is 3.58. The Morgan fingerprint density at radius 1 is 1.67 bits per heavy atom. The van der Waals surface area contributed by atoms with E-state index in [0.29, 0.717) is 0 Å². The van der Waals surface area contributed by atoms with Gasteiger partial charge in [0.15, 0.2) is 0 Å². The van der Waals surface area contributed by atoms with Crippen LogP contribution in [0.25, 0.3) is 0 Å². The molecule has 0 unspecified atom stereocenters. The highest BCUT2D eigenvalue weighted by atomic mass is 35.5. The standard InChI is InChI=1S/C5H10N2O.ClH/c6-5(8)4-2-1-3-7-4;/h4,7H,1-3H2,(H2,6,8);1H/t4-;/m0./s1/i7+1;. The van der Waals surface area contributed by atoms with Crippen LogP contribution in [0.2, 0.25) is 0 Å². The molecule has 1 rings (SSSR count). The van der Waals surface area contributed by atoms with Gasteiger partial charge in [0, 0.05) is 0 Å². The van der Waals surface area contributed by atoms with Gasteiger partial charge in [-0.2, -0.15) is 0 Å². The van der Waals surface area contributed by atoms with Gasteiger partial charge in [0.1, 0.15) is 0 Å². The van der Waals surface area contributed by atoms with E-state index in [9.17, 15) is 4.79 Å². The smallest absolute Gasteiger partial charge is 0.234 e. The molecule has 1 atom stereocenters. The van der Waals surface area contributed by atoms with E-state index in [4.69, 9.17) is 5.73 Å². The van der Waals surface area contributed by atoms with Gasteiger partial charge in [-0.15, -0.1) is 12.4 Å². The lowest BCUT2D eigenvalue weighted by molar-refractivity contribution is -0.119. The van der Waals surface area contributed by atoms with E-state index in [-0.39, 0.29) is 24.4 Å². The quantitative estimate of drug-likeness (QED) is 0.504. The first-order chi connectivity index (χ1) is 3.80. The molecule has 1 amide bonds. The van der Waals surface area contributed by atoms with Crippen LogP contribution in [-0.2, 0) is 4.79 Å². The topological polar surface area (TPSA) is 55.1 Å². The van der Waals surface area contributed by atoms with Crippen LogP contribution in [0.1, 0.15) is 12.8 Å². The molecule has 0 aliphatic carbocycles. The number of nitrogens with two attached hydrogens (primary N) is 1. The molecule has 0 aromatic carbocycles. The molecule has 1 heterocycles. The van der Waals surface area contributed by atoms with E-state index in [1.807, 2.05) is 0 Å². The second kappa shape index (κ2) is 3.69. The zero-order valence-electron chi connectivity index (χ0n) is 5.09. The Bertz CT molecular complexity index is 101. The van der Waals surface area contributed by atoms with E-state index in [1.54, 1.807) is 0 Å². The SMILES string of the molecule is Cl.NC(=O)[C@@H]1CCC[15NH]1. The summed E-state index contributed by atoms with van der Waals surface area (Å²) >= 11 is 0. The summed E-state index contributed by atoms with van der Waals surface area (Å²) in [6.07, 6.45) is 1.99. The Morgan fingerprint density at radius 2 is 2.33 bits per heavy atom. The molecule has 0 bridgehead atoms. The average molecular weight is 152 g/mol. The molecule has 0 spiro atoms. The van der Waals surface area contributed by atoms with Gasteiger partial charge in [0.2, 0.25) is 5.91 Å². The molecule has 1 aliphatic rings. The number of primary amides is 1. The molecule has 0 aromatic heterocycles. The fourth-order valence-electron chi connectivity index (χ4n) is 0.927. The van der Waals surface area contributed by atoms with Crippen molar-refractivity contribution in [2.75, 3.05) is 6.54 Å². The fourth-order valence-corrected chi connectivity index (χ4v) is 0.927. The number of hydrogen-bond donors (Lipinski definition) is 2. The van der Waals surface area contributed by atoms with Crippen molar-refractivity contribution in [3.63, 3.8) is 0 Å². The van der Waals surface area contributed by atoms with Gasteiger partial charge in [-0.1, -0.05) is 0 Å². The van der Waals surface area contributed by atoms with Crippen LogP contribution in [0.3, 0.4) is 0 Å². The third-order valence-corrected chi connectivity index (χ3v) is 1.40. The minimum atomic E-state index is -0.220. The lowest BCUT2D eigenvalue weighted by atomic mass is 10.2. The van der Waals surface area contributed by atoms with Gasteiger partial charge in [0.05, 0.1) is 6.04 Å². The van der Waals surface area contributed by atoms with Crippen LogP contribution in [0, 0.1) is 0 Å². The van der Waals surface area contributed by atoms with Gasteiger partial charge >= 0.3 is 0 Å². The predicted molar refractivity (Wildman–Crippen MR) is 37.5 cm³/mol. The van der Waals surface area contributed by atoms with Crippen molar-refractivity contribution >= 4 is 18.3 Å². The molecular formula is C5H11ClN2O. The molecule has 1 fully saturated rings. The summed E-state index contributed by atoms with van der Waals surface area (Å²) in [5.74, 6) is -0.220. The summed E-state index contributed by atoms with van der Waals surface area (Å²) in [5.41, 5.74) is 5.00. The van der Waals surface area contributed by atoms with Gasteiger partial charge in [-0.3, -0.25) is 4.79 Å². The van der Waals surface area contributed by atoms with Crippen LogP contribution >= 0.6 is 12.4 Å². The number of halogens is 1. The van der Waals surface area contributed by atoms with Crippen molar-refractivity contribution in [3.8, 4) is 0 Å². The molecule has 3 nitrogen and oxygen atoms in total. The monoisotopic (exact) mass is 151 g/mol. The van der Waals surface area contributed by atoms with Gasteiger partial charge < -0.3 is 11.1 Å². The Hall–Kier alpha value is -0.280. The van der Waals surface area contributed by atoms with Gasteiger partial charge in [-0.05, 0) is 19.4 Å². The number of rotatable bonds is 1. The normalized spacial score (nSPS) is 25.1. The Balaban J connectivity index is 0.000000640. The minimum absolute atomic E-state index is 0. The van der Waals surface area contributed by atoms with Crippen LogP contribution < -0.4 is 11.1 Å². The maximum absolute atomic E-state index is 10.4. The maximum atomic E-state index is 10.4. The van der Waals surface area contributed by atoms with Crippen molar-refractivity contribution in [2.24, 2.45) is 5.73 Å². The van der Waals surface area contributed by atoms with Crippen molar-refractivity contribution in [2.45, 2.75) is 18.9 Å². The molecule has 0 aromatic rings. The molecule has 54 valence electrons. The Morgan fingerprint density at radius 3 is 2.56 bits per heavy atom. The maximum Gasteiger partial charge on any atom is 0.234 e. The van der Waals surface area contributed by atoms with E-state index in [2.05, 4.69) is 5.32 Å². The number of nitrogens with one attached hydrogen (secondary N) is 1. The zero-order valence-corrected chi connectivity index (χ0v) is 5.91. The summed E-state index contributed by atoms with van der Waals surface area (Å²) in [7, 11) is 0. The third kappa shape index (κ3) is 2.20. The summed E-state index contributed by atoms with van der Waals surface area (Å²) in [5, 5.41) is 2.98. The molecule has 0 radical (unpaired) electrons. The van der Waals surface area contributed by atoms with Crippen LogP contribution in [0.15, 0.2) is 0 Å². The van der Waals surface area contributed by atoms with Crippen molar-refractivity contribution in [3.05, 3.63) is 0 Å². The summed E-state index contributed by atoms with van der Waals surface area (Å²) in [4.78, 5) is 10.4. The molecule has 0 saturated carbocycles. The molecular weight excluding hydrogens is 141 g/mol. The third-order valence-electron chi connectivity index (χ3n) is 1.40. The summed E-state index contributed by atoms with van der Waals surface area (Å²) in [6.45, 7) is 0.938. The molecule has 9 heavy (non-hydrogen) atoms. The largest absolute Gasteiger partial charge is 0.368 e. The van der Waals surface area contributed by atoms with E-state index in [0.717, 1.165) is 19.4 Å². The average Bonchev–Trinajstić information content (AvgIpc) is 2.12. The minimum Gasteiger partial charge on any atom is -0.368 e. The van der Waals surface area contributed by atoms with Crippen molar-refractivity contribution in [1.82, 2.24) is 5.32 Å². The highest BCUT2D eigenvalue weighted by Gasteiger charge is 2.18. The van der Waals surface area contributed by atoms with E-state index >= 15 is 0 Å². The van der Waals surface area contributed by atoms with Crippen LogP contribution in [0.4, 0.5) is 0 Å². The van der Waals surface area contributed by atoms with Crippen LogP contribution in [-0.4, -0.2) is 18.5 Å². The van der Waals surface area contributed by atoms with Crippen molar-refractivity contribution < 1.29 is 4.79 Å². The van der Waals surface area contributed by atoms with Crippen LogP contribution in [0.5, 0.6) is 0 Å². The fraction of sp³-hybridized carbons (Fsp3) is 0.800. The number of carbonyl (C=O) groups excluding carboxylic acids is 1. The second-order valence-electron chi connectivity index (χ2n) is 2.05. The van der Waals surface area contributed by atoms with E-state index in [1.165, 1.54) is 0 Å². The first-order valence-corrected chi connectivity index (χ1v) is 2.83. The van der Waals surface area contributed by atoms with Crippen molar-refractivity contribution in [1.29, 1.82) is 0 Å². The second-order valence-corrected chi connectivity index (χ2v) is 2.05. The number of amides is 1. The number of hydrogen-bond acceptors (Lipinski definition) is 2. The van der Waals surface area contributed by atoms with Gasteiger partial charge in [0.25, 0.3) is 0 Å². The number of carbonyl (C=O) groups is 1. The zero-order chi connectivity index (χ0) is 5.98. The Labute approximate surface area is 60.4 Å². The van der Waals surface area contributed by atoms with Gasteiger partial charge in [-0.25, -0.2) is 0 Å². The molecule has 1 aliphatic heterocycles. The first-order valence-electron chi connectivity index (χ1n) is 2.83. The lowest BCUT2D eigenvalue weighted by Gasteiger charge is -2.01. The lowest BCUT2D eigenvalue weighted by Crippen LogP contribution is -2.36. The predicted octanol–water partition coefficient (Wildman–Crippen LogP) is -0.355. The highest BCUT2D eigenvalue weighted by molar-refractivity contribution is 5.85. The highest BCUT2D eigenvalue weighted by Crippen LogP contribution is 2.02. The first kappa shape index (κ1) is 8.72. The molecule has 4 heteroatoms. The summed E-state index contributed by atoms with van der Waals surface area (Å²) in [6, 6.07) is -0.0463. The summed E-state index contributed by atoms with van der Waals surface area (Å²) < 4.78 is 0. The van der Waals surface area contributed by atoms with E-state index < -0.39 is 0 Å².